The molecule has 1 saturated heterocycles. The van der Waals surface area contributed by atoms with Gasteiger partial charge in [-0.15, -0.1) is 0 Å². The topological polar surface area (TPSA) is 606 Å². The third-order valence-electron chi connectivity index (χ3n) is 19.6. The van der Waals surface area contributed by atoms with Crippen LogP contribution < -0.4 is 76.1 Å². The van der Waals surface area contributed by atoms with E-state index in [0.717, 1.165) is 49.3 Å². The summed E-state index contributed by atoms with van der Waals surface area (Å²) in [6.45, 7) is 8.83. The average molecular weight is 1710 g/mol. The number of aliphatic carboxylic acids is 3. The second-order valence-electron chi connectivity index (χ2n) is 30.5. The van der Waals surface area contributed by atoms with Gasteiger partial charge in [-0.05, 0) is 95.1 Å². The van der Waals surface area contributed by atoms with E-state index in [1.807, 2.05) is 0 Å². The first-order valence-corrected chi connectivity index (χ1v) is 43.1. The van der Waals surface area contributed by atoms with E-state index < -0.39 is 205 Å². The number of carboxylic acid groups (broad SMARTS) is 3. The summed E-state index contributed by atoms with van der Waals surface area (Å²) in [5.41, 5.74) is 23.4. The van der Waals surface area contributed by atoms with E-state index in [4.69, 9.17) is 27.7 Å². The molecule has 1 aliphatic heterocycles. The Morgan fingerprint density at radius 2 is 1.05 bits per heavy atom. The highest BCUT2D eigenvalue weighted by Gasteiger charge is 2.42. The van der Waals surface area contributed by atoms with Gasteiger partial charge in [-0.25, -0.2) is 4.79 Å². The standard InChI is InChI=1S/C79H134N16O21S2/c1-7-8-9-10-11-12-13-14-15-16-17-18-19-20-24-34-64(102)116-40-41-118-47-60(74(110)86-53(35-36-62(98)99)67(103)85-52(31-25-26-37-80)68(104)94-66(50(6)97)78(114)115)93-75(111)61-33-28-39-95(61)77(113)54(32-27-38-84-79(82)83)87-72(108)58(45-96)91-69(105)55(42-48(2)3)88-70(106)56(43-51-29-22-21-23-30-51)89-73(109)59(46-117)92-71(107)57(44-63(100)101)90-76(112)65(81)49(4)5/h21-23,29-30,48-50,52-61,65-66,96-97,117H,7-20,24-28,31-47,80-81H2,1-6H3,(H,85,103)(H,86,110)(H,87,108)(H,88,106)(H,89,109)(H,90,112)(H,91,105)(H,92,107)(H,93,111)(H,94,104)(H,98,99)(H,100,101)(H,114,115)(H4,82,83,84)/t50-,52+,53+,54+,55+,56+,57+,58+,59+,60+,61+,65+,66+/m1/s1. The van der Waals surface area contributed by atoms with Gasteiger partial charge < -0.3 is 111 Å². The van der Waals surface area contributed by atoms with Crippen molar-refractivity contribution in [2.75, 3.05) is 50.1 Å². The molecule has 2 rings (SSSR count). The van der Waals surface area contributed by atoms with Gasteiger partial charge in [-0.1, -0.05) is 155 Å². The van der Waals surface area contributed by atoms with Crippen LogP contribution in [-0.4, -0.2) is 254 Å². The number of carboxylic acids is 3. The SMILES string of the molecule is CCCCCCCCCCCCCCCCCC(=O)OCCSC[C@H](NC(=O)[C@@H]1CCCN1C(=O)[C@H](CCCN=C(N)N)NC(=O)[C@H](CO)NC(=O)[C@H](CC(C)C)NC(=O)[C@H](Cc1ccccc1)NC(=O)[C@H](CS)NC(=O)[C@H](CC(=O)O)NC(=O)[C@@H](N)C(C)C)C(=O)N[C@@H](CCC(=O)O)C(=O)N[C@@H](CCCCN)C(=O)N[C@H](C(=O)O)[C@@H](C)O. The van der Waals surface area contributed by atoms with Crippen LogP contribution in [-0.2, 0) is 83.1 Å². The van der Waals surface area contributed by atoms with E-state index in [2.05, 4.69) is 77.7 Å². The molecule has 118 heavy (non-hydrogen) atoms. The van der Waals surface area contributed by atoms with Gasteiger partial charge in [-0.3, -0.25) is 72.1 Å². The number of amides is 11. The highest BCUT2D eigenvalue weighted by atomic mass is 32.2. The molecule has 0 unspecified atom stereocenters. The number of aliphatic hydroxyl groups excluding tert-OH is 2. The minimum Gasteiger partial charge on any atom is -0.481 e. The Bertz CT molecular complexity index is 3340. The number of benzene rings is 1. The van der Waals surface area contributed by atoms with Crippen LogP contribution in [0.25, 0.3) is 0 Å². The Labute approximate surface area is 701 Å². The molecule has 1 aromatic carbocycles. The molecule has 1 aliphatic rings. The van der Waals surface area contributed by atoms with Crippen LogP contribution in [0.1, 0.15) is 220 Å². The third-order valence-corrected chi connectivity index (χ3v) is 21.0. The van der Waals surface area contributed by atoms with Gasteiger partial charge >= 0.3 is 23.9 Å². The molecule has 23 N–H and O–H groups in total. The minimum absolute atomic E-state index is 0.0108. The van der Waals surface area contributed by atoms with Crippen LogP contribution in [0.5, 0.6) is 0 Å². The second-order valence-corrected chi connectivity index (χ2v) is 32.0. The zero-order valence-corrected chi connectivity index (χ0v) is 71.0. The molecule has 1 fully saturated rings. The number of aliphatic imine (C=N–C) groups is 1. The van der Waals surface area contributed by atoms with Gasteiger partial charge in [0.05, 0.1) is 25.2 Å². The molecular weight excluding hydrogens is 1570 g/mol. The first kappa shape index (κ1) is 105. The molecule has 0 aromatic heterocycles. The fourth-order valence-electron chi connectivity index (χ4n) is 12.8. The normalized spacial score (nSPS) is 15.6. The molecule has 1 heterocycles. The molecule has 37 nitrogen and oxygen atoms in total. The van der Waals surface area contributed by atoms with E-state index in [9.17, 15) is 92.7 Å². The number of hydrogen-bond donors (Lipinski definition) is 20. The minimum atomic E-state index is -1.83. The molecule has 0 radical (unpaired) electrons. The van der Waals surface area contributed by atoms with Gasteiger partial charge in [0.1, 0.15) is 67.0 Å². The van der Waals surface area contributed by atoms with Crippen LogP contribution >= 0.6 is 24.4 Å². The third kappa shape index (κ3) is 43.2. The quantitative estimate of drug-likeness (QED) is 0.0139. The van der Waals surface area contributed by atoms with Crippen molar-refractivity contribution in [1.29, 1.82) is 0 Å². The fourth-order valence-corrected chi connectivity index (χ4v) is 13.9. The number of nitrogens with one attached hydrogen (secondary N) is 10. The predicted octanol–water partition coefficient (Wildman–Crippen LogP) is 0.545. The second kappa shape index (κ2) is 59.7. The van der Waals surface area contributed by atoms with Crippen molar-refractivity contribution < 1.29 is 102 Å². The van der Waals surface area contributed by atoms with Crippen LogP contribution in [0.2, 0.25) is 0 Å². The number of thioether (sulfide) groups is 1. The van der Waals surface area contributed by atoms with Crippen molar-refractivity contribution >= 4 is 119 Å². The molecule has 0 aliphatic carbocycles. The Balaban J connectivity index is 2.52. The summed E-state index contributed by atoms with van der Waals surface area (Å²) in [4.78, 5) is 210. The molecule has 668 valence electrons. The maximum absolute atomic E-state index is 15.0. The molecule has 39 heteroatoms. The maximum atomic E-state index is 15.0. The largest absolute Gasteiger partial charge is 0.481 e. The van der Waals surface area contributed by atoms with E-state index in [1.54, 1.807) is 58.0 Å². The van der Waals surface area contributed by atoms with Crippen molar-refractivity contribution in [3.63, 3.8) is 0 Å². The van der Waals surface area contributed by atoms with Crippen LogP contribution in [0, 0.1) is 11.8 Å². The number of likely N-dealkylation sites (tertiary alicyclic amines) is 1. The summed E-state index contributed by atoms with van der Waals surface area (Å²) in [7, 11) is 0. The molecule has 11 amide bonds. The molecule has 0 saturated carbocycles. The maximum Gasteiger partial charge on any atom is 0.328 e. The number of unbranched alkanes of at least 4 members (excludes halogenated alkanes) is 15. The smallest absolute Gasteiger partial charge is 0.328 e. The lowest BCUT2D eigenvalue weighted by Gasteiger charge is -2.31. The van der Waals surface area contributed by atoms with Gasteiger partial charge in [0.25, 0.3) is 0 Å². The lowest BCUT2D eigenvalue weighted by Crippen LogP contribution is -2.61. The van der Waals surface area contributed by atoms with Crippen molar-refractivity contribution in [1.82, 2.24) is 58.1 Å². The van der Waals surface area contributed by atoms with Crippen LogP contribution in [0.15, 0.2) is 35.3 Å². The van der Waals surface area contributed by atoms with Gasteiger partial charge in [0.15, 0.2) is 12.0 Å². The number of esters is 1. The average Bonchev–Trinajstić information content (AvgIpc) is 1.63. The first-order chi connectivity index (χ1) is 56.1. The van der Waals surface area contributed by atoms with Gasteiger partial charge in [0, 0.05) is 49.6 Å². The number of carbonyl (C=O) groups is 15. The highest BCUT2D eigenvalue weighted by Crippen LogP contribution is 2.22. The van der Waals surface area contributed by atoms with Crippen molar-refractivity contribution in [2.24, 2.45) is 39.8 Å². The highest BCUT2D eigenvalue weighted by molar-refractivity contribution is 7.99. The molecule has 1 aromatic rings. The molecule has 0 spiro atoms. The predicted molar refractivity (Wildman–Crippen MR) is 446 cm³/mol. The number of thiol groups is 1. The number of carbonyl (C=O) groups excluding carboxylic acids is 12. The summed E-state index contributed by atoms with van der Waals surface area (Å²) < 4.78 is 5.52. The lowest BCUT2D eigenvalue weighted by molar-refractivity contribution is -0.145. The van der Waals surface area contributed by atoms with E-state index in [-0.39, 0.29) is 107 Å². The number of guanidine groups is 1. The molecular formula is C79H134N16O21S2. The summed E-state index contributed by atoms with van der Waals surface area (Å²) in [5.74, 6) is -17.4. The van der Waals surface area contributed by atoms with Crippen LogP contribution in [0.3, 0.4) is 0 Å². The number of hydrogen-bond acceptors (Lipinski definition) is 23. The summed E-state index contributed by atoms with van der Waals surface area (Å²) >= 11 is 5.28. The summed E-state index contributed by atoms with van der Waals surface area (Å²) in [6.07, 6.45) is 13.8. The van der Waals surface area contributed by atoms with Gasteiger partial charge in [-0.2, -0.15) is 24.4 Å². The monoisotopic (exact) mass is 1710 g/mol. The summed E-state index contributed by atoms with van der Waals surface area (Å²) in [5, 5.41) is 74.8. The van der Waals surface area contributed by atoms with Crippen molar-refractivity contribution in [2.45, 2.75) is 300 Å². The zero-order valence-electron chi connectivity index (χ0n) is 69.3. The zero-order chi connectivity index (χ0) is 88.2. The Kier molecular flexibility index (Phi) is 53.2. The van der Waals surface area contributed by atoms with Crippen molar-refractivity contribution in [3.8, 4) is 0 Å². The Morgan fingerprint density at radius 3 is 1.59 bits per heavy atom. The van der Waals surface area contributed by atoms with Gasteiger partial charge in [0.2, 0.25) is 65.0 Å². The number of ether oxygens (including phenoxy) is 1. The molecule has 13 atom stereocenters. The number of nitrogens with zero attached hydrogens (tertiary/aromatic N) is 2. The fraction of sp³-hybridized carbons (Fsp3) is 0.722. The number of rotatable bonds is 64. The lowest BCUT2D eigenvalue weighted by atomic mass is 10.0. The first-order valence-electron chi connectivity index (χ1n) is 41.3. The van der Waals surface area contributed by atoms with E-state index in [0.29, 0.717) is 18.4 Å². The number of nitrogens with two attached hydrogens (primary N) is 4. The Morgan fingerprint density at radius 1 is 0.559 bits per heavy atom. The van der Waals surface area contributed by atoms with E-state index in [1.165, 1.54) is 64.2 Å². The molecule has 0 bridgehead atoms. The number of aliphatic hydroxyl groups is 2. The summed E-state index contributed by atoms with van der Waals surface area (Å²) in [6, 6.07) is -10.4. The van der Waals surface area contributed by atoms with Crippen LogP contribution in [0.4, 0.5) is 0 Å². The van der Waals surface area contributed by atoms with E-state index >= 15 is 4.79 Å². The van der Waals surface area contributed by atoms with Crippen molar-refractivity contribution in [3.05, 3.63) is 35.9 Å². The Hall–Kier alpha value is -8.92.